The van der Waals surface area contributed by atoms with Crippen molar-refractivity contribution in [1.82, 2.24) is 4.98 Å². The van der Waals surface area contributed by atoms with Crippen LogP contribution in [0.3, 0.4) is 0 Å². The Bertz CT molecular complexity index is 1760. The van der Waals surface area contributed by atoms with Gasteiger partial charge in [0.1, 0.15) is 16.8 Å². The van der Waals surface area contributed by atoms with Crippen LogP contribution < -0.4 is 19.8 Å². The molecule has 3 heterocycles. The lowest BCUT2D eigenvalue weighted by atomic mass is 9.82. The minimum absolute atomic E-state index is 0.252. The molecule has 1 fully saturated rings. The van der Waals surface area contributed by atoms with Gasteiger partial charge in [0, 0.05) is 27.1 Å². The van der Waals surface area contributed by atoms with E-state index in [1.807, 2.05) is 25.1 Å². The number of carbonyl (C=O) groups excluding carboxylic acids is 3. The normalized spacial score (nSPS) is 19.6. The van der Waals surface area contributed by atoms with Gasteiger partial charge in [0.15, 0.2) is 6.61 Å². The van der Waals surface area contributed by atoms with Crippen LogP contribution in [0.25, 0.3) is 0 Å². The molecule has 3 aromatic carbocycles. The zero-order chi connectivity index (χ0) is 28.8. The number of ether oxygens (including phenoxy) is 1. The van der Waals surface area contributed by atoms with Gasteiger partial charge in [0.2, 0.25) is 11.8 Å². The van der Waals surface area contributed by atoms with Gasteiger partial charge in [0.25, 0.3) is 5.91 Å². The van der Waals surface area contributed by atoms with Gasteiger partial charge in [-0.05, 0) is 67.1 Å². The smallest absolute Gasteiger partial charge is 0.305 e. The Labute approximate surface area is 246 Å². The molecule has 8 nitrogen and oxygen atoms in total. The van der Waals surface area contributed by atoms with E-state index in [-0.39, 0.29) is 22.9 Å². The highest BCUT2D eigenvalue weighted by Gasteiger charge is 2.56. The van der Waals surface area contributed by atoms with Crippen LogP contribution in [0.15, 0.2) is 76.6 Å². The van der Waals surface area contributed by atoms with Gasteiger partial charge < -0.3 is 15.0 Å². The number of aromatic nitrogens is 1. The molecule has 0 spiro atoms. The van der Waals surface area contributed by atoms with Crippen LogP contribution in [0.2, 0.25) is 5.02 Å². The molecule has 1 aromatic heterocycles. The van der Waals surface area contributed by atoms with E-state index in [1.54, 1.807) is 24.3 Å². The van der Waals surface area contributed by atoms with E-state index >= 15 is 0 Å². The number of carbonyl (C=O) groups is 3. The minimum Gasteiger partial charge on any atom is -0.483 e. The zero-order valence-electron chi connectivity index (χ0n) is 21.4. The Morgan fingerprint density at radius 2 is 1.85 bits per heavy atom. The van der Waals surface area contributed by atoms with E-state index in [0.29, 0.717) is 26.2 Å². The van der Waals surface area contributed by atoms with Gasteiger partial charge in [-0.3, -0.25) is 19.2 Å². The van der Waals surface area contributed by atoms with E-state index in [1.165, 1.54) is 24.3 Å². The summed E-state index contributed by atoms with van der Waals surface area (Å²) in [6.07, 6.45) is 0. The number of thioether (sulfide) groups is 1. The third-order valence-electron chi connectivity index (χ3n) is 6.88. The number of nitrogens with one attached hydrogen (secondary N) is 2. The van der Waals surface area contributed by atoms with E-state index < -0.39 is 40.6 Å². The largest absolute Gasteiger partial charge is 0.483 e. The number of thiazole rings is 1. The molecule has 0 radical (unpaired) electrons. The van der Waals surface area contributed by atoms with E-state index in [2.05, 4.69) is 10.3 Å². The number of H-pyrrole nitrogens is 1. The number of halogens is 2. The lowest BCUT2D eigenvalue weighted by molar-refractivity contribution is -0.122. The van der Waals surface area contributed by atoms with Crippen molar-refractivity contribution in [2.24, 2.45) is 5.92 Å². The van der Waals surface area contributed by atoms with Crippen LogP contribution in [-0.2, 0) is 14.4 Å². The molecule has 0 aliphatic carbocycles. The Kier molecular flexibility index (Phi) is 7.18. The number of aromatic amines is 1. The number of rotatable bonds is 6. The van der Waals surface area contributed by atoms with E-state index in [0.717, 1.165) is 33.6 Å². The third-order valence-corrected chi connectivity index (χ3v) is 9.51. The zero-order valence-corrected chi connectivity index (χ0v) is 23.7. The summed E-state index contributed by atoms with van der Waals surface area (Å²) >= 11 is 8.46. The lowest BCUT2D eigenvalue weighted by Gasteiger charge is -2.31. The highest BCUT2D eigenvalue weighted by atomic mass is 35.5. The first kappa shape index (κ1) is 27.3. The van der Waals surface area contributed by atoms with Crippen LogP contribution in [0.1, 0.15) is 21.9 Å². The molecule has 4 aromatic rings. The topological polar surface area (TPSA) is 109 Å². The average Bonchev–Trinajstić information content (AvgIpc) is 3.42. The highest BCUT2D eigenvalue weighted by Crippen LogP contribution is 2.54. The maximum atomic E-state index is 13.9. The van der Waals surface area contributed by atoms with Crippen molar-refractivity contribution in [2.45, 2.75) is 23.1 Å². The van der Waals surface area contributed by atoms with Crippen molar-refractivity contribution < 1.29 is 23.5 Å². The Morgan fingerprint density at radius 3 is 2.61 bits per heavy atom. The third kappa shape index (κ3) is 5.16. The second-order valence-electron chi connectivity index (χ2n) is 9.63. The molecular formula is C29H21ClFN3O5S2. The Balaban J connectivity index is 1.36. The second-order valence-corrected chi connectivity index (χ2v) is 12.2. The molecule has 0 bridgehead atoms. The number of fused-ring (bicyclic) bond motifs is 2. The maximum Gasteiger partial charge on any atom is 0.305 e. The van der Waals surface area contributed by atoms with Crippen LogP contribution in [0, 0.1) is 18.7 Å². The van der Waals surface area contributed by atoms with Crippen LogP contribution in [-0.4, -0.2) is 34.6 Å². The van der Waals surface area contributed by atoms with Gasteiger partial charge >= 0.3 is 4.87 Å². The molecule has 208 valence electrons. The Hall–Kier alpha value is -3.93. The minimum atomic E-state index is -0.904. The number of benzene rings is 3. The number of hydrogen-bond acceptors (Lipinski definition) is 7. The number of amides is 3. The summed E-state index contributed by atoms with van der Waals surface area (Å²) < 4.78 is 19.5. The number of aryl methyl sites for hydroxylation is 1. The molecule has 2 unspecified atom stereocenters. The first-order valence-electron chi connectivity index (χ1n) is 12.5. The quantitative estimate of drug-likeness (QED) is 0.285. The predicted octanol–water partition coefficient (Wildman–Crippen LogP) is 5.35. The summed E-state index contributed by atoms with van der Waals surface area (Å²) in [5.74, 6) is -3.23. The SMILES string of the molecule is Cc1cccc(NC(=O)COc2ccc(Cl)cc2[C@H]2c3sc(=O)[nH]c3SC3C(=O)N(c4ccc(F)cc4)C(=O)C32)c1. The average molecular weight is 610 g/mol. The molecule has 12 heteroatoms. The first-order valence-corrected chi connectivity index (χ1v) is 14.6. The van der Waals surface area contributed by atoms with Crippen molar-refractivity contribution >= 4 is 63.8 Å². The van der Waals surface area contributed by atoms with Crippen LogP contribution in [0.4, 0.5) is 15.8 Å². The summed E-state index contributed by atoms with van der Waals surface area (Å²) in [6.45, 7) is 1.58. The standard InChI is InChI=1S/C29H21ClFN3O5S2/c1-14-3-2-4-17(11-14)32-21(35)13-39-20-10-5-15(30)12-19(20)22-23-25(40-26-24(22)41-29(38)33-26)28(37)34(27(23)36)18-8-6-16(31)7-9-18/h2-12,22-23,25H,13H2,1H3,(H,32,35)(H,33,38)/t22-,23?,25?/m1/s1. The fourth-order valence-corrected chi connectivity index (χ4v) is 7.84. The van der Waals surface area contributed by atoms with Crippen molar-refractivity contribution in [3.05, 3.63) is 103 Å². The summed E-state index contributed by atoms with van der Waals surface area (Å²) in [5, 5.41) is 2.77. The van der Waals surface area contributed by atoms with E-state index in [4.69, 9.17) is 16.3 Å². The van der Waals surface area contributed by atoms with Crippen molar-refractivity contribution in [3.63, 3.8) is 0 Å². The lowest BCUT2D eigenvalue weighted by Crippen LogP contribution is -2.32. The number of imide groups is 1. The van der Waals surface area contributed by atoms with E-state index in [9.17, 15) is 23.6 Å². The molecular weight excluding hydrogens is 589 g/mol. The van der Waals surface area contributed by atoms with Gasteiger partial charge in [0.05, 0.1) is 16.6 Å². The molecule has 6 rings (SSSR count). The fourth-order valence-electron chi connectivity index (χ4n) is 5.15. The monoisotopic (exact) mass is 609 g/mol. The molecule has 2 aliphatic rings. The molecule has 1 saturated heterocycles. The molecule has 3 atom stereocenters. The summed E-state index contributed by atoms with van der Waals surface area (Å²) in [6, 6.07) is 17.3. The number of hydrogen-bond donors (Lipinski definition) is 2. The highest BCUT2D eigenvalue weighted by molar-refractivity contribution is 8.00. The van der Waals surface area contributed by atoms with Gasteiger partial charge in [-0.15, -0.1) is 0 Å². The fraction of sp³-hybridized carbons (Fsp3) is 0.172. The Morgan fingerprint density at radius 1 is 1.07 bits per heavy atom. The van der Waals surface area contributed by atoms with Crippen molar-refractivity contribution in [2.75, 3.05) is 16.8 Å². The predicted molar refractivity (Wildman–Crippen MR) is 156 cm³/mol. The number of nitrogens with zero attached hydrogens (tertiary/aromatic N) is 1. The van der Waals surface area contributed by atoms with Crippen LogP contribution >= 0.6 is 34.7 Å². The maximum absolute atomic E-state index is 13.9. The molecule has 2 aliphatic heterocycles. The summed E-state index contributed by atoms with van der Waals surface area (Å²) in [5.41, 5.74) is 2.33. The van der Waals surface area contributed by atoms with Gasteiger partial charge in [-0.2, -0.15) is 0 Å². The van der Waals surface area contributed by atoms with Crippen molar-refractivity contribution in [1.29, 1.82) is 0 Å². The second kappa shape index (κ2) is 10.8. The molecule has 2 N–H and O–H groups in total. The summed E-state index contributed by atoms with van der Waals surface area (Å²) in [7, 11) is 0. The molecule has 41 heavy (non-hydrogen) atoms. The molecule has 3 amide bonds. The number of anilines is 2. The first-order chi connectivity index (χ1) is 19.7. The molecule has 0 saturated carbocycles. The van der Waals surface area contributed by atoms with Gasteiger partial charge in [-0.1, -0.05) is 46.8 Å². The van der Waals surface area contributed by atoms with Crippen molar-refractivity contribution in [3.8, 4) is 5.75 Å². The van der Waals surface area contributed by atoms with Crippen LogP contribution in [0.5, 0.6) is 5.75 Å². The van der Waals surface area contributed by atoms with Gasteiger partial charge in [-0.25, -0.2) is 9.29 Å². The summed E-state index contributed by atoms with van der Waals surface area (Å²) in [4.78, 5) is 56.7.